The SMILES string of the molecule is CC(C)Oc1ccc(-c2ccn3c(-c4ccc(N(C)C)cc4)cnc3c2)cc1.CC(C)Oc1ccc(-c2ccn3c(-c4ccc(O)cc4)cnc3c2)cc1.CC(C)Oc1ccc(-c2ccn3c(-c4ccc5ncc(Cl)cc5c4)cnc3c2)cc1.CC(C)Oc1ccc(-c2ccn3c(-c4ccc5ncccc5c4)cnc3c2)cc1. The molecule has 113 heavy (non-hydrogen) atoms. The minimum Gasteiger partial charge on any atom is -0.508 e. The number of imidazole rings is 4. The van der Waals surface area contributed by atoms with Crippen molar-refractivity contribution < 1.29 is 24.1 Å². The molecule has 0 aliphatic rings. The first-order chi connectivity index (χ1) is 54.8. The summed E-state index contributed by atoms with van der Waals surface area (Å²) in [5.74, 6) is 3.79. The predicted octanol–water partition coefficient (Wildman–Crippen LogP) is 23.3. The number of hydrogen-bond donors (Lipinski definition) is 1. The van der Waals surface area contributed by atoms with Gasteiger partial charge in [-0.1, -0.05) is 90.5 Å². The van der Waals surface area contributed by atoms with Gasteiger partial charge < -0.3 is 29.0 Å². The van der Waals surface area contributed by atoms with Crippen molar-refractivity contribution in [3.05, 3.63) is 316 Å². The van der Waals surface area contributed by atoms with Crippen molar-refractivity contribution >= 4 is 61.7 Å². The molecule has 0 saturated carbocycles. The van der Waals surface area contributed by atoms with E-state index in [0.29, 0.717) is 5.02 Å². The van der Waals surface area contributed by atoms with Gasteiger partial charge in [-0.25, -0.2) is 19.9 Å². The Kier molecular flexibility index (Phi) is 22.1. The van der Waals surface area contributed by atoms with Gasteiger partial charge >= 0.3 is 0 Å². The Balaban J connectivity index is 0.000000119. The van der Waals surface area contributed by atoms with E-state index in [4.69, 9.17) is 30.5 Å². The molecule has 0 saturated heterocycles. The average Bonchev–Trinajstić information content (AvgIpc) is 1.70. The van der Waals surface area contributed by atoms with Crippen LogP contribution in [0.15, 0.2) is 311 Å². The van der Waals surface area contributed by atoms with Crippen LogP contribution in [0.1, 0.15) is 55.4 Å². The zero-order chi connectivity index (χ0) is 78.2. The molecule has 10 heterocycles. The molecule has 0 unspecified atom stereocenters. The van der Waals surface area contributed by atoms with E-state index >= 15 is 0 Å². The largest absolute Gasteiger partial charge is 0.508 e. The van der Waals surface area contributed by atoms with Crippen LogP contribution < -0.4 is 23.8 Å². The lowest BCUT2D eigenvalue weighted by Gasteiger charge is -2.12. The first-order valence-corrected chi connectivity index (χ1v) is 38.2. The fraction of sp³-hybridized carbons (Fsp3) is 0.146. The van der Waals surface area contributed by atoms with Crippen molar-refractivity contribution in [2.45, 2.75) is 79.8 Å². The molecule has 18 aromatic rings. The standard InChI is InChI=1S/C25H20ClN3O.C25H21N3O.C24H25N3O.C22H20N2O2/c1-16(2)30-22-6-3-17(4-7-22)18-9-10-29-24(15-28-25(29)13-18)19-5-8-23-20(11-19)12-21(26)14-27-23;1-17(2)29-22-8-5-18(6-9-22)19-11-13-28-24(16-27-25(28)15-19)21-7-10-23-20(14-21)4-3-12-26-23;1-17(2)28-22-11-7-18(8-12-22)20-13-14-27-23(16-25-24(27)15-20)19-5-9-21(10-6-19)26(3)4;1-15(2)26-20-9-5-16(6-10-20)18-11-12-24-21(14-23-22(24)13-18)17-3-7-19(25)8-4-17/h3-16H,1-2H3;3-17H,1-2H3;5-17H,1-4H3;3-15,25H,1-2H3. The van der Waals surface area contributed by atoms with Gasteiger partial charge in [0.2, 0.25) is 0 Å². The lowest BCUT2D eigenvalue weighted by Crippen LogP contribution is -2.07. The van der Waals surface area contributed by atoms with Gasteiger partial charge in [-0.05, 0) is 270 Å². The maximum atomic E-state index is 9.47. The number of aromatic nitrogens is 10. The Morgan fingerprint density at radius 1 is 0.301 bits per heavy atom. The van der Waals surface area contributed by atoms with E-state index in [1.54, 1.807) is 18.3 Å². The number of phenolic OH excluding ortho intramolecular Hbond substituents is 1. The van der Waals surface area contributed by atoms with Crippen LogP contribution in [0.2, 0.25) is 5.02 Å². The number of ether oxygens (including phenoxy) is 4. The summed E-state index contributed by atoms with van der Waals surface area (Å²) in [6.45, 7) is 16.2. The van der Waals surface area contributed by atoms with E-state index in [0.717, 1.165) is 157 Å². The van der Waals surface area contributed by atoms with Gasteiger partial charge in [-0.3, -0.25) is 27.6 Å². The molecule has 18 rings (SSSR count). The zero-order valence-electron chi connectivity index (χ0n) is 64.6. The maximum absolute atomic E-state index is 9.47. The third-order valence-corrected chi connectivity index (χ3v) is 19.2. The van der Waals surface area contributed by atoms with Crippen molar-refractivity contribution in [2.24, 2.45) is 0 Å². The Hall–Kier alpha value is -13.6. The molecular weight excluding hydrogens is 1420 g/mol. The zero-order valence-corrected chi connectivity index (χ0v) is 65.4. The summed E-state index contributed by atoms with van der Waals surface area (Å²) >= 11 is 6.11. The number of nitrogens with zero attached hydrogens (tertiary/aromatic N) is 11. The van der Waals surface area contributed by atoms with Crippen molar-refractivity contribution in [2.75, 3.05) is 19.0 Å². The van der Waals surface area contributed by atoms with Gasteiger partial charge in [0.05, 0.1) is 88.0 Å². The molecule has 0 spiro atoms. The molecule has 17 heteroatoms. The number of benzene rings is 8. The highest BCUT2D eigenvalue weighted by atomic mass is 35.5. The molecule has 0 aliphatic carbocycles. The number of pyridine rings is 6. The van der Waals surface area contributed by atoms with Gasteiger partial charge in [-0.15, -0.1) is 0 Å². The fourth-order valence-electron chi connectivity index (χ4n) is 13.5. The Bertz CT molecular complexity index is 6310. The van der Waals surface area contributed by atoms with Crippen molar-refractivity contribution in [1.29, 1.82) is 0 Å². The van der Waals surface area contributed by atoms with Crippen LogP contribution in [0.5, 0.6) is 28.7 Å². The normalized spacial score (nSPS) is 11.3. The topological polar surface area (TPSA) is 155 Å². The summed E-state index contributed by atoms with van der Waals surface area (Å²) in [7, 11) is 4.10. The number of anilines is 1. The molecule has 8 aromatic carbocycles. The van der Waals surface area contributed by atoms with E-state index in [1.165, 1.54) is 5.69 Å². The van der Waals surface area contributed by atoms with Crippen LogP contribution in [-0.2, 0) is 0 Å². The lowest BCUT2D eigenvalue weighted by atomic mass is 10.1. The summed E-state index contributed by atoms with van der Waals surface area (Å²) in [6, 6.07) is 83.7. The van der Waals surface area contributed by atoms with E-state index in [2.05, 4.69) is 224 Å². The number of aromatic hydroxyl groups is 1. The lowest BCUT2D eigenvalue weighted by molar-refractivity contribution is 0.242. The number of halogens is 1. The summed E-state index contributed by atoms with van der Waals surface area (Å²) in [5, 5.41) is 12.2. The van der Waals surface area contributed by atoms with Crippen LogP contribution in [0.3, 0.4) is 0 Å². The van der Waals surface area contributed by atoms with Gasteiger partial charge in [0, 0.05) is 90.0 Å². The third kappa shape index (κ3) is 17.5. The van der Waals surface area contributed by atoms with E-state index < -0.39 is 0 Å². The van der Waals surface area contributed by atoms with Crippen LogP contribution in [0, 0.1) is 0 Å². The Morgan fingerprint density at radius 3 is 0.956 bits per heavy atom. The van der Waals surface area contributed by atoms with Crippen molar-refractivity contribution in [3.63, 3.8) is 0 Å². The maximum Gasteiger partial charge on any atom is 0.137 e. The first kappa shape index (κ1) is 74.9. The van der Waals surface area contributed by atoms with Gasteiger partial charge in [-0.2, -0.15) is 0 Å². The summed E-state index contributed by atoms with van der Waals surface area (Å²) in [6.07, 6.45) is 20.0. The molecule has 16 nitrogen and oxygen atoms in total. The molecule has 0 aliphatic heterocycles. The number of fused-ring (bicyclic) bond motifs is 6. The van der Waals surface area contributed by atoms with E-state index in [1.807, 2.05) is 190 Å². The van der Waals surface area contributed by atoms with E-state index in [-0.39, 0.29) is 30.2 Å². The smallest absolute Gasteiger partial charge is 0.137 e. The van der Waals surface area contributed by atoms with Crippen molar-refractivity contribution in [1.82, 2.24) is 47.5 Å². The Morgan fingerprint density at radius 2 is 0.611 bits per heavy atom. The predicted molar refractivity (Wildman–Crippen MR) is 459 cm³/mol. The van der Waals surface area contributed by atoms with E-state index in [9.17, 15) is 5.11 Å². The molecule has 0 atom stereocenters. The first-order valence-electron chi connectivity index (χ1n) is 37.8. The summed E-state index contributed by atoms with van der Waals surface area (Å²) in [4.78, 5) is 29.3. The number of phenols is 1. The van der Waals surface area contributed by atoms with Crippen LogP contribution in [0.4, 0.5) is 5.69 Å². The van der Waals surface area contributed by atoms with Gasteiger partial charge in [0.1, 0.15) is 51.3 Å². The van der Waals surface area contributed by atoms with Gasteiger partial charge in [0.15, 0.2) is 0 Å². The Labute approximate surface area is 662 Å². The van der Waals surface area contributed by atoms with Crippen LogP contribution in [0.25, 0.3) is 134 Å². The molecule has 0 bridgehead atoms. The molecule has 1 N–H and O–H groups in total. The highest BCUT2D eigenvalue weighted by Crippen LogP contribution is 2.35. The minimum atomic E-state index is 0.164. The second-order valence-electron chi connectivity index (χ2n) is 28.9. The third-order valence-electron chi connectivity index (χ3n) is 19.0. The molecule has 562 valence electrons. The highest BCUT2D eigenvalue weighted by Gasteiger charge is 2.16. The second kappa shape index (κ2) is 33.3. The average molecular weight is 1510 g/mol. The fourth-order valence-corrected chi connectivity index (χ4v) is 13.7. The molecule has 0 radical (unpaired) electrons. The summed E-state index contributed by atoms with van der Waals surface area (Å²) < 4.78 is 31.3. The monoisotopic (exact) mass is 1510 g/mol. The number of rotatable bonds is 17. The molecular formula is C96H86ClN11O5. The second-order valence-corrected chi connectivity index (χ2v) is 29.3. The van der Waals surface area contributed by atoms with Crippen molar-refractivity contribution in [3.8, 4) is 118 Å². The van der Waals surface area contributed by atoms with Crippen LogP contribution in [-0.4, -0.2) is 91.1 Å². The van der Waals surface area contributed by atoms with Gasteiger partial charge in [0.25, 0.3) is 0 Å². The highest BCUT2D eigenvalue weighted by molar-refractivity contribution is 6.31. The molecule has 0 amide bonds. The quantitative estimate of drug-likeness (QED) is 0.0922. The summed E-state index contributed by atoms with van der Waals surface area (Å²) in [5.41, 5.74) is 24.3. The molecule has 0 fully saturated rings. The molecule has 10 aromatic heterocycles. The minimum absolute atomic E-state index is 0.164. The van der Waals surface area contributed by atoms with Crippen LogP contribution >= 0.6 is 11.6 Å². The number of hydrogen-bond acceptors (Lipinski definition) is 12.